The number of fused-ring (bicyclic) bond motifs is 1. The fourth-order valence-electron chi connectivity index (χ4n) is 3.96. The number of alkyl halides is 3. The van der Waals surface area contributed by atoms with Crippen molar-refractivity contribution >= 4 is 26.6 Å². The Morgan fingerprint density at radius 2 is 1.81 bits per heavy atom. The average molecular weight is 401 g/mol. The van der Waals surface area contributed by atoms with Crippen molar-refractivity contribution in [3.05, 3.63) is 30.1 Å². The topological polar surface area (TPSA) is 67.6 Å². The third-order valence-electron chi connectivity index (χ3n) is 5.35. The monoisotopic (exact) mass is 401 g/mol. The molecule has 4 rings (SSSR count). The Morgan fingerprint density at radius 3 is 2.44 bits per heavy atom. The van der Waals surface area contributed by atoms with Crippen molar-refractivity contribution < 1.29 is 26.5 Å². The Bertz CT molecular complexity index is 956. The van der Waals surface area contributed by atoms with Crippen LogP contribution in [0.2, 0.25) is 0 Å². The summed E-state index contributed by atoms with van der Waals surface area (Å²) in [6.07, 6.45) is -3.95. The summed E-state index contributed by atoms with van der Waals surface area (Å²) in [5.41, 5.74) is 0.270. The van der Waals surface area contributed by atoms with Crippen LogP contribution in [0.5, 0.6) is 0 Å². The van der Waals surface area contributed by atoms with Crippen LogP contribution in [0.3, 0.4) is 0 Å². The van der Waals surface area contributed by atoms with Gasteiger partial charge in [0.15, 0.2) is 9.84 Å². The third kappa shape index (κ3) is 3.73. The summed E-state index contributed by atoms with van der Waals surface area (Å²) in [6.45, 7) is 2.42. The molecule has 0 unspecified atom stereocenters. The maximum atomic E-state index is 13.2. The largest absolute Gasteiger partial charge is 0.451 e. The second-order valence-electron chi connectivity index (χ2n) is 7.13. The van der Waals surface area contributed by atoms with E-state index in [9.17, 15) is 21.6 Å². The number of hydrogen-bond donors (Lipinski definition) is 1. The van der Waals surface area contributed by atoms with E-state index in [2.05, 4.69) is 9.97 Å². The van der Waals surface area contributed by atoms with E-state index < -0.39 is 21.8 Å². The second-order valence-corrected chi connectivity index (χ2v) is 9.36. The van der Waals surface area contributed by atoms with Gasteiger partial charge in [0.1, 0.15) is 17.6 Å². The molecule has 0 aliphatic carbocycles. The molecule has 146 valence electrons. The highest BCUT2D eigenvalue weighted by Crippen LogP contribution is 2.31. The molecular formula is C17H20F3N4O2S+. The number of sulfone groups is 1. The summed E-state index contributed by atoms with van der Waals surface area (Å²) in [5, 5.41) is 0.595. The zero-order valence-electron chi connectivity index (χ0n) is 14.5. The van der Waals surface area contributed by atoms with Gasteiger partial charge in [-0.2, -0.15) is 13.2 Å². The molecule has 0 spiro atoms. The number of nitrogens with zero attached hydrogens (tertiary/aromatic N) is 3. The quantitative estimate of drug-likeness (QED) is 0.796. The summed E-state index contributed by atoms with van der Waals surface area (Å²) in [7, 11) is -2.94. The summed E-state index contributed by atoms with van der Waals surface area (Å²) in [5.74, 6) is -0.397. The van der Waals surface area contributed by atoms with Gasteiger partial charge in [0, 0.05) is 11.8 Å². The van der Waals surface area contributed by atoms with Gasteiger partial charge in [0.25, 0.3) is 0 Å². The number of quaternary nitrogens is 1. The van der Waals surface area contributed by atoms with Gasteiger partial charge in [0.2, 0.25) is 5.82 Å². The van der Waals surface area contributed by atoms with Crippen LogP contribution < -0.4 is 9.80 Å². The SMILES string of the molecule is O=S1(=O)CC[C@@H]([NH+]2CCN(c3nc(C(F)(F)F)nc4ccccc34)CC2)C1. The lowest BCUT2D eigenvalue weighted by molar-refractivity contribution is -0.922. The van der Waals surface area contributed by atoms with Gasteiger partial charge in [0.05, 0.1) is 37.4 Å². The highest BCUT2D eigenvalue weighted by Gasteiger charge is 2.39. The van der Waals surface area contributed by atoms with Crippen molar-refractivity contribution in [3.8, 4) is 0 Å². The fourth-order valence-corrected chi connectivity index (χ4v) is 5.78. The molecule has 2 aromatic rings. The minimum absolute atomic E-state index is 0.0880. The number of benzene rings is 1. The van der Waals surface area contributed by atoms with Crippen LogP contribution in [0.25, 0.3) is 10.9 Å². The van der Waals surface area contributed by atoms with Crippen LogP contribution in [0.15, 0.2) is 24.3 Å². The number of halogens is 3. The van der Waals surface area contributed by atoms with Crippen LogP contribution in [-0.2, 0) is 16.0 Å². The number of nitrogens with one attached hydrogen (secondary N) is 1. The minimum atomic E-state index is -4.61. The second kappa shape index (κ2) is 6.59. The van der Waals surface area contributed by atoms with Crippen molar-refractivity contribution in [1.29, 1.82) is 0 Å². The first-order valence-electron chi connectivity index (χ1n) is 8.87. The summed E-state index contributed by atoms with van der Waals surface area (Å²) >= 11 is 0. The molecule has 2 fully saturated rings. The fraction of sp³-hybridized carbons (Fsp3) is 0.529. The zero-order valence-corrected chi connectivity index (χ0v) is 15.4. The molecule has 3 heterocycles. The van der Waals surface area contributed by atoms with Gasteiger partial charge in [-0.05, 0) is 12.1 Å². The molecule has 0 amide bonds. The van der Waals surface area contributed by atoms with Crippen LogP contribution in [0, 0.1) is 0 Å². The van der Waals surface area contributed by atoms with Gasteiger partial charge in [-0.15, -0.1) is 0 Å². The lowest BCUT2D eigenvalue weighted by Gasteiger charge is -2.36. The first kappa shape index (κ1) is 18.4. The number of para-hydroxylation sites is 1. The van der Waals surface area contributed by atoms with E-state index in [4.69, 9.17) is 0 Å². The van der Waals surface area contributed by atoms with E-state index in [0.717, 1.165) is 0 Å². The molecular weight excluding hydrogens is 381 g/mol. The molecule has 27 heavy (non-hydrogen) atoms. The minimum Gasteiger partial charge on any atom is -0.345 e. The lowest BCUT2D eigenvalue weighted by atomic mass is 10.1. The lowest BCUT2D eigenvalue weighted by Crippen LogP contribution is -3.18. The molecule has 0 bridgehead atoms. The number of rotatable bonds is 2. The van der Waals surface area contributed by atoms with Gasteiger partial charge < -0.3 is 9.80 Å². The predicted octanol–water partition coefficient (Wildman–Crippen LogP) is 0.541. The molecule has 2 saturated heterocycles. The van der Waals surface area contributed by atoms with E-state index in [-0.39, 0.29) is 23.1 Å². The molecule has 2 aliphatic rings. The van der Waals surface area contributed by atoms with Crippen molar-refractivity contribution in [2.75, 3.05) is 42.6 Å². The smallest absolute Gasteiger partial charge is 0.345 e. The predicted molar refractivity (Wildman–Crippen MR) is 94.5 cm³/mol. The molecule has 1 atom stereocenters. The Balaban J connectivity index is 1.58. The third-order valence-corrected chi connectivity index (χ3v) is 7.12. The summed E-state index contributed by atoms with van der Waals surface area (Å²) < 4.78 is 63.0. The van der Waals surface area contributed by atoms with Gasteiger partial charge in [-0.3, -0.25) is 0 Å². The Morgan fingerprint density at radius 1 is 1.11 bits per heavy atom. The Kier molecular flexibility index (Phi) is 4.50. The summed E-state index contributed by atoms with van der Waals surface area (Å²) in [6, 6.07) is 6.79. The van der Waals surface area contributed by atoms with Crippen LogP contribution in [0.4, 0.5) is 19.0 Å². The molecule has 0 radical (unpaired) electrons. The zero-order chi connectivity index (χ0) is 19.2. The van der Waals surface area contributed by atoms with Crippen LogP contribution in [-0.4, -0.2) is 62.1 Å². The van der Waals surface area contributed by atoms with Crippen molar-refractivity contribution in [2.24, 2.45) is 0 Å². The van der Waals surface area contributed by atoms with E-state index in [1.54, 1.807) is 24.3 Å². The molecule has 1 N–H and O–H groups in total. The molecule has 6 nitrogen and oxygen atoms in total. The van der Waals surface area contributed by atoms with E-state index in [1.807, 2.05) is 4.90 Å². The van der Waals surface area contributed by atoms with Gasteiger partial charge in [-0.1, -0.05) is 12.1 Å². The van der Waals surface area contributed by atoms with Gasteiger partial charge in [-0.25, -0.2) is 18.4 Å². The van der Waals surface area contributed by atoms with Crippen molar-refractivity contribution in [3.63, 3.8) is 0 Å². The van der Waals surface area contributed by atoms with Crippen LogP contribution in [0.1, 0.15) is 12.2 Å². The maximum Gasteiger partial charge on any atom is 0.451 e. The van der Waals surface area contributed by atoms with Crippen molar-refractivity contribution in [1.82, 2.24) is 9.97 Å². The van der Waals surface area contributed by atoms with E-state index in [1.165, 1.54) is 4.90 Å². The van der Waals surface area contributed by atoms with E-state index >= 15 is 0 Å². The number of hydrogen-bond acceptors (Lipinski definition) is 5. The molecule has 1 aromatic heterocycles. The number of aromatic nitrogens is 2. The average Bonchev–Trinajstić information content (AvgIpc) is 3.00. The number of piperazine rings is 1. The highest BCUT2D eigenvalue weighted by molar-refractivity contribution is 7.91. The maximum absolute atomic E-state index is 13.2. The molecule has 0 saturated carbocycles. The molecule has 2 aliphatic heterocycles. The highest BCUT2D eigenvalue weighted by atomic mass is 32.2. The molecule has 10 heteroatoms. The summed E-state index contributed by atoms with van der Waals surface area (Å²) in [4.78, 5) is 10.6. The first-order valence-corrected chi connectivity index (χ1v) is 10.7. The molecule has 1 aromatic carbocycles. The standard InChI is InChI=1S/C17H19F3N4O2S/c18-17(19,20)16-21-14-4-2-1-3-13(14)15(22-16)24-8-6-23(7-9-24)12-5-10-27(25,26)11-12/h1-4,12H,5-11H2/p+1/t12-/m1/s1. The van der Waals surface area contributed by atoms with Crippen LogP contribution >= 0.6 is 0 Å². The Labute approximate surface area is 154 Å². The van der Waals surface area contributed by atoms with Gasteiger partial charge >= 0.3 is 6.18 Å². The van der Waals surface area contributed by atoms with E-state index in [0.29, 0.717) is 43.8 Å². The Hall–Kier alpha value is -1.94. The first-order chi connectivity index (χ1) is 12.7. The normalized spacial score (nSPS) is 23.8. The number of anilines is 1. The van der Waals surface area contributed by atoms with Crippen molar-refractivity contribution in [2.45, 2.75) is 18.6 Å².